The highest BCUT2D eigenvalue weighted by Crippen LogP contribution is 2.27. The minimum Gasteiger partial charge on any atom is -0.495 e. The zero-order valence-corrected chi connectivity index (χ0v) is 13.3. The number of nitrogens with one attached hydrogen (secondary N) is 1. The Hall–Kier alpha value is -2.50. The Bertz CT molecular complexity index is 623. The maximum atomic E-state index is 12.3. The Morgan fingerprint density at radius 3 is 2.77 bits per heavy atom. The van der Waals surface area contributed by atoms with Gasteiger partial charge in [0.1, 0.15) is 5.75 Å². The fourth-order valence-electron chi connectivity index (χ4n) is 2.20. The summed E-state index contributed by atoms with van der Waals surface area (Å²) in [5.41, 5.74) is 1.71. The normalized spacial score (nSPS) is 18.0. The molecule has 1 saturated heterocycles. The van der Waals surface area contributed by atoms with Gasteiger partial charge in [0.25, 0.3) is 11.9 Å². The van der Waals surface area contributed by atoms with Crippen LogP contribution in [0.15, 0.2) is 29.0 Å². The number of likely N-dealkylation sites (N-methyl/N-ethyl adjacent to an activating group) is 1. The summed E-state index contributed by atoms with van der Waals surface area (Å²) in [5.74, 6) is 0.803. The highest BCUT2D eigenvalue weighted by molar-refractivity contribution is 6.11. The van der Waals surface area contributed by atoms with Gasteiger partial charge in [-0.15, -0.1) is 0 Å². The highest BCUT2D eigenvalue weighted by Gasteiger charge is 2.33. The third-order valence-corrected chi connectivity index (χ3v) is 3.29. The number of rotatable bonds is 5. The third-order valence-electron chi connectivity index (χ3n) is 3.29. The molecule has 1 aromatic rings. The minimum atomic E-state index is -0.175. The van der Waals surface area contributed by atoms with Gasteiger partial charge in [-0.25, -0.2) is 4.99 Å². The average molecular weight is 303 g/mol. The molecule has 6 heteroatoms. The van der Waals surface area contributed by atoms with Crippen LogP contribution < -0.4 is 10.1 Å². The van der Waals surface area contributed by atoms with Crippen molar-refractivity contribution in [3.8, 4) is 5.75 Å². The summed E-state index contributed by atoms with van der Waals surface area (Å²) < 4.78 is 10.9. The smallest absolute Gasteiger partial charge is 0.300 e. The van der Waals surface area contributed by atoms with E-state index < -0.39 is 0 Å². The fourth-order valence-corrected chi connectivity index (χ4v) is 2.20. The molecule has 1 N–H and O–H groups in total. The van der Waals surface area contributed by atoms with Gasteiger partial charge >= 0.3 is 0 Å². The van der Waals surface area contributed by atoms with Crippen molar-refractivity contribution in [2.45, 2.75) is 13.8 Å². The molecule has 1 aliphatic heterocycles. The van der Waals surface area contributed by atoms with Crippen LogP contribution in [0.5, 0.6) is 5.75 Å². The molecule has 1 aromatic carbocycles. The Labute approximate surface area is 130 Å². The molecule has 0 unspecified atom stereocenters. The number of benzene rings is 1. The topological polar surface area (TPSA) is 63.2 Å². The summed E-state index contributed by atoms with van der Waals surface area (Å²) in [5, 5.41) is 3.04. The van der Waals surface area contributed by atoms with E-state index in [2.05, 4.69) is 10.3 Å². The van der Waals surface area contributed by atoms with Crippen molar-refractivity contribution in [3.63, 3.8) is 0 Å². The monoisotopic (exact) mass is 303 g/mol. The van der Waals surface area contributed by atoms with Crippen LogP contribution in [0.2, 0.25) is 0 Å². The van der Waals surface area contributed by atoms with E-state index in [1.807, 2.05) is 39.1 Å². The Balaban J connectivity index is 2.33. The number of hydrogen-bond acceptors (Lipinski definition) is 5. The zero-order chi connectivity index (χ0) is 16.1. The third kappa shape index (κ3) is 3.05. The van der Waals surface area contributed by atoms with E-state index >= 15 is 0 Å². The lowest BCUT2D eigenvalue weighted by atomic mass is 10.1. The van der Waals surface area contributed by atoms with Gasteiger partial charge < -0.3 is 14.8 Å². The summed E-state index contributed by atoms with van der Waals surface area (Å²) in [6.45, 7) is 4.88. The van der Waals surface area contributed by atoms with E-state index in [0.29, 0.717) is 24.9 Å². The number of carbonyl (C=O) groups is 1. The molecule has 1 fully saturated rings. The fraction of sp³-hybridized carbons (Fsp3) is 0.375. The molecule has 22 heavy (non-hydrogen) atoms. The molecule has 1 aliphatic rings. The van der Waals surface area contributed by atoms with Gasteiger partial charge in [0, 0.05) is 20.1 Å². The molecule has 0 atom stereocenters. The SMILES string of the molecule is CC/N=C1/O/C(=C/c2ccc(NC)c(OC)c2)C(=O)N1CC. The number of methoxy groups -OCH3 is 1. The van der Waals surface area contributed by atoms with Crippen LogP contribution >= 0.6 is 0 Å². The van der Waals surface area contributed by atoms with Crippen LogP contribution in [0.25, 0.3) is 6.08 Å². The number of hydrogen-bond donors (Lipinski definition) is 1. The summed E-state index contributed by atoms with van der Waals surface area (Å²) in [4.78, 5) is 18.0. The molecule has 0 radical (unpaired) electrons. The van der Waals surface area contributed by atoms with Gasteiger partial charge in [0.05, 0.1) is 12.8 Å². The first-order valence-corrected chi connectivity index (χ1v) is 7.26. The lowest BCUT2D eigenvalue weighted by Crippen LogP contribution is -2.29. The van der Waals surface area contributed by atoms with E-state index in [9.17, 15) is 4.79 Å². The van der Waals surface area contributed by atoms with Crippen LogP contribution in [0.4, 0.5) is 5.69 Å². The first-order chi connectivity index (χ1) is 10.6. The number of amidine groups is 1. The summed E-state index contributed by atoms with van der Waals surface area (Å²) >= 11 is 0. The van der Waals surface area contributed by atoms with Gasteiger partial charge in [-0.2, -0.15) is 0 Å². The maximum Gasteiger partial charge on any atom is 0.300 e. The summed E-state index contributed by atoms with van der Waals surface area (Å²) in [6.07, 6.45) is 1.70. The molecule has 0 bridgehead atoms. The van der Waals surface area contributed by atoms with Crippen LogP contribution in [0.1, 0.15) is 19.4 Å². The Morgan fingerprint density at radius 2 is 2.18 bits per heavy atom. The van der Waals surface area contributed by atoms with Crippen molar-refractivity contribution in [2.75, 3.05) is 32.6 Å². The van der Waals surface area contributed by atoms with E-state index in [4.69, 9.17) is 9.47 Å². The molecule has 2 rings (SSSR count). The lowest BCUT2D eigenvalue weighted by molar-refractivity contribution is -0.122. The standard InChI is InChI=1S/C16H21N3O3/c1-5-18-16-19(6-2)15(20)14(22-16)10-11-7-8-12(17-3)13(9-11)21-4/h7-10,17H,5-6H2,1-4H3/b14-10+,18-16+. The molecule has 6 nitrogen and oxygen atoms in total. The first-order valence-electron chi connectivity index (χ1n) is 7.26. The average Bonchev–Trinajstić information content (AvgIpc) is 2.82. The number of nitrogens with zero attached hydrogens (tertiary/aromatic N) is 2. The predicted molar refractivity (Wildman–Crippen MR) is 87.0 cm³/mol. The number of aliphatic imine (C=N–C) groups is 1. The van der Waals surface area contributed by atoms with E-state index in [1.165, 1.54) is 4.90 Å². The van der Waals surface area contributed by atoms with Crippen molar-refractivity contribution in [1.29, 1.82) is 0 Å². The molecule has 0 saturated carbocycles. The minimum absolute atomic E-state index is 0.175. The van der Waals surface area contributed by atoms with Crippen molar-refractivity contribution < 1.29 is 14.3 Å². The number of anilines is 1. The molecule has 1 heterocycles. The van der Waals surface area contributed by atoms with Crippen LogP contribution in [-0.4, -0.2) is 44.1 Å². The van der Waals surface area contributed by atoms with Gasteiger partial charge in [0.15, 0.2) is 5.76 Å². The highest BCUT2D eigenvalue weighted by atomic mass is 16.5. The van der Waals surface area contributed by atoms with Crippen molar-refractivity contribution in [3.05, 3.63) is 29.5 Å². The van der Waals surface area contributed by atoms with Crippen molar-refractivity contribution in [2.24, 2.45) is 4.99 Å². The zero-order valence-electron chi connectivity index (χ0n) is 13.3. The number of amides is 1. The molecule has 1 amide bonds. The second kappa shape index (κ2) is 6.98. The van der Waals surface area contributed by atoms with E-state index in [-0.39, 0.29) is 11.7 Å². The van der Waals surface area contributed by atoms with Gasteiger partial charge in [-0.1, -0.05) is 6.07 Å². The van der Waals surface area contributed by atoms with Crippen molar-refractivity contribution >= 4 is 23.7 Å². The molecular weight excluding hydrogens is 282 g/mol. The maximum absolute atomic E-state index is 12.3. The second-order valence-electron chi connectivity index (χ2n) is 4.63. The molecule has 118 valence electrons. The molecule has 0 spiro atoms. The van der Waals surface area contributed by atoms with Gasteiger partial charge in [0.2, 0.25) is 0 Å². The molecular formula is C16H21N3O3. The first kappa shape index (κ1) is 15.9. The Kier molecular flexibility index (Phi) is 5.04. The van der Waals surface area contributed by atoms with Gasteiger partial charge in [-0.05, 0) is 37.6 Å². The van der Waals surface area contributed by atoms with Crippen molar-refractivity contribution in [1.82, 2.24) is 4.90 Å². The molecule has 0 aliphatic carbocycles. The Morgan fingerprint density at radius 1 is 1.41 bits per heavy atom. The van der Waals surface area contributed by atoms with Crippen LogP contribution in [-0.2, 0) is 9.53 Å². The number of carbonyl (C=O) groups excluding carboxylic acids is 1. The van der Waals surface area contributed by atoms with Gasteiger partial charge in [-0.3, -0.25) is 9.69 Å². The van der Waals surface area contributed by atoms with E-state index in [1.54, 1.807) is 13.2 Å². The molecule has 0 aromatic heterocycles. The van der Waals surface area contributed by atoms with Crippen LogP contribution in [0.3, 0.4) is 0 Å². The summed E-state index contributed by atoms with van der Waals surface area (Å²) in [7, 11) is 3.43. The quantitative estimate of drug-likeness (QED) is 0.848. The van der Waals surface area contributed by atoms with E-state index in [0.717, 1.165) is 11.3 Å². The van der Waals surface area contributed by atoms with Crippen LogP contribution in [0, 0.1) is 0 Å². The largest absolute Gasteiger partial charge is 0.495 e. The second-order valence-corrected chi connectivity index (χ2v) is 4.63. The number of ether oxygens (including phenoxy) is 2. The summed E-state index contributed by atoms with van der Waals surface area (Å²) in [6, 6.07) is 5.99. The lowest BCUT2D eigenvalue weighted by Gasteiger charge is -2.08. The predicted octanol–water partition coefficient (Wildman–Crippen LogP) is 2.33.